The highest BCUT2D eigenvalue weighted by atomic mass is 19.1. The molecule has 6 nitrogen and oxygen atoms in total. The number of halogens is 1. The molecule has 3 rings (SSSR count). The minimum atomic E-state index is -0.561. The fourth-order valence-electron chi connectivity index (χ4n) is 3.26. The van der Waals surface area contributed by atoms with Crippen molar-refractivity contribution in [2.24, 2.45) is 11.8 Å². The van der Waals surface area contributed by atoms with E-state index >= 15 is 0 Å². The summed E-state index contributed by atoms with van der Waals surface area (Å²) >= 11 is 0. The van der Waals surface area contributed by atoms with Crippen LogP contribution in [0, 0.1) is 29.0 Å². The van der Waals surface area contributed by atoms with Gasteiger partial charge in [0.2, 0.25) is 11.8 Å². The molecular formula is C19H23FN4O2. The van der Waals surface area contributed by atoms with Crippen molar-refractivity contribution < 1.29 is 14.0 Å². The summed E-state index contributed by atoms with van der Waals surface area (Å²) in [6.45, 7) is 2.10. The standard InChI is InChI=1S/C19H23FN4O2/c20-16-2-1-3-17(15(16)12-21)22-8-9-23-18(25)13-6-10-24(11-7-13)19(26)14-4-5-14/h1-3,13-14,22H,4-11H2,(H,23,25). The van der Waals surface area contributed by atoms with Crippen LogP contribution >= 0.6 is 0 Å². The van der Waals surface area contributed by atoms with Crippen LogP contribution in [0.4, 0.5) is 10.1 Å². The number of nitrogens with one attached hydrogen (secondary N) is 2. The van der Waals surface area contributed by atoms with Gasteiger partial charge in [-0.1, -0.05) is 6.07 Å². The number of hydrogen-bond donors (Lipinski definition) is 2. The molecule has 0 bridgehead atoms. The summed E-state index contributed by atoms with van der Waals surface area (Å²) in [6.07, 6.45) is 3.40. The molecule has 26 heavy (non-hydrogen) atoms. The van der Waals surface area contributed by atoms with Crippen LogP contribution in [0.3, 0.4) is 0 Å². The van der Waals surface area contributed by atoms with Gasteiger partial charge in [0.1, 0.15) is 17.4 Å². The predicted octanol–water partition coefficient (Wildman–Crippen LogP) is 1.87. The van der Waals surface area contributed by atoms with Crippen LogP contribution in [-0.4, -0.2) is 42.9 Å². The second kappa shape index (κ2) is 8.17. The Morgan fingerprint density at radius 1 is 1.15 bits per heavy atom. The molecule has 1 aromatic rings. The Bertz CT molecular complexity index is 719. The molecular weight excluding hydrogens is 335 g/mol. The lowest BCUT2D eigenvalue weighted by molar-refractivity contribution is -0.136. The molecule has 1 saturated heterocycles. The number of nitrogens with zero attached hydrogens (tertiary/aromatic N) is 2. The van der Waals surface area contributed by atoms with E-state index in [1.54, 1.807) is 6.07 Å². The maximum atomic E-state index is 13.5. The molecule has 138 valence electrons. The summed E-state index contributed by atoms with van der Waals surface area (Å²) in [4.78, 5) is 26.2. The van der Waals surface area contributed by atoms with E-state index in [1.807, 2.05) is 11.0 Å². The SMILES string of the molecule is N#Cc1c(F)cccc1NCCNC(=O)C1CCN(C(=O)C2CC2)CC1. The predicted molar refractivity (Wildman–Crippen MR) is 94.6 cm³/mol. The van der Waals surface area contributed by atoms with Crippen LogP contribution in [0.25, 0.3) is 0 Å². The first-order valence-electron chi connectivity index (χ1n) is 9.09. The monoisotopic (exact) mass is 358 g/mol. The Hall–Kier alpha value is -2.62. The van der Waals surface area contributed by atoms with Gasteiger partial charge in [-0.25, -0.2) is 4.39 Å². The molecule has 1 aliphatic carbocycles. The summed E-state index contributed by atoms with van der Waals surface area (Å²) in [7, 11) is 0. The molecule has 0 radical (unpaired) electrons. The number of nitriles is 1. The van der Waals surface area contributed by atoms with Crippen LogP contribution in [0.1, 0.15) is 31.2 Å². The van der Waals surface area contributed by atoms with Gasteiger partial charge in [-0.05, 0) is 37.8 Å². The van der Waals surface area contributed by atoms with Crippen LogP contribution in [0.15, 0.2) is 18.2 Å². The van der Waals surface area contributed by atoms with Gasteiger partial charge in [0, 0.05) is 38.0 Å². The molecule has 1 aliphatic heterocycles. The molecule has 2 fully saturated rings. The normalized spacial score (nSPS) is 17.5. The highest BCUT2D eigenvalue weighted by Gasteiger charge is 2.35. The van der Waals surface area contributed by atoms with Gasteiger partial charge in [-0.3, -0.25) is 9.59 Å². The van der Waals surface area contributed by atoms with E-state index in [4.69, 9.17) is 5.26 Å². The highest BCUT2D eigenvalue weighted by molar-refractivity contribution is 5.82. The summed E-state index contributed by atoms with van der Waals surface area (Å²) < 4.78 is 13.5. The molecule has 2 aliphatic rings. The van der Waals surface area contributed by atoms with Crippen LogP contribution in [-0.2, 0) is 9.59 Å². The Labute approximate surface area is 152 Å². The number of hydrogen-bond acceptors (Lipinski definition) is 4. The second-order valence-electron chi connectivity index (χ2n) is 6.87. The van der Waals surface area contributed by atoms with Gasteiger partial charge in [0.25, 0.3) is 0 Å². The molecule has 1 aromatic carbocycles. The minimum Gasteiger partial charge on any atom is -0.382 e. The van der Waals surface area contributed by atoms with E-state index in [2.05, 4.69) is 10.6 Å². The van der Waals surface area contributed by atoms with Crippen LogP contribution < -0.4 is 10.6 Å². The molecule has 1 heterocycles. The number of rotatable bonds is 6. The minimum absolute atomic E-state index is 0.00919. The van der Waals surface area contributed by atoms with E-state index < -0.39 is 5.82 Å². The molecule has 0 atom stereocenters. The lowest BCUT2D eigenvalue weighted by atomic mass is 9.95. The topological polar surface area (TPSA) is 85.2 Å². The van der Waals surface area contributed by atoms with E-state index in [0.29, 0.717) is 44.7 Å². The molecule has 2 N–H and O–H groups in total. The quantitative estimate of drug-likeness (QED) is 0.761. The third kappa shape index (κ3) is 4.31. The zero-order valence-electron chi connectivity index (χ0n) is 14.6. The average Bonchev–Trinajstić information content (AvgIpc) is 3.50. The third-order valence-electron chi connectivity index (χ3n) is 4.97. The number of amides is 2. The van der Waals surface area contributed by atoms with Crippen molar-refractivity contribution in [2.45, 2.75) is 25.7 Å². The van der Waals surface area contributed by atoms with Crippen molar-refractivity contribution in [3.63, 3.8) is 0 Å². The summed E-state index contributed by atoms with van der Waals surface area (Å²) in [6, 6.07) is 6.25. The maximum absolute atomic E-state index is 13.5. The largest absolute Gasteiger partial charge is 0.382 e. The van der Waals surface area contributed by atoms with Gasteiger partial charge in [0.15, 0.2) is 0 Å². The van der Waals surface area contributed by atoms with E-state index in [9.17, 15) is 14.0 Å². The molecule has 0 unspecified atom stereocenters. The fraction of sp³-hybridized carbons (Fsp3) is 0.526. The van der Waals surface area contributed by atoms with Crippen molar-refractivity contribution in [1.29, 1.82) is 5.26 Å². The molecule has 2 amide bonds. The first kappa shape index (κ1) is 18.2. The van der Waals surface area contributed by atoms with Crippen molar-refractivity contribution in [2.75, 3.05) is 31.5 Å². The molecule has 0 spiro atoms. The van der Waals surface area contributed by atoms with Crippen molar-refractivity contribution in [1.82, 2.24) is 10.2 Å². The molecule has 7 heteroatoms. The number of carbonyl (C=O) groups excluding carboxylic acids is 2. The van der Waals surface area contributed by atoms with E-state index in [1.165, 1.54) is 12.1 Å². The number of carbonyl (C=O) groups is 2. The van der Waals surface area contributed by atoms with Crippen molar-refractivity contribution in [3.05, 3.63) is 29.6 Å². The molecule has 1 saturated carbocycles. The van der Waals surface area contributed by atoms with Crippen LogP contribution in [0.5, 0.6) is 0 Å². The average molecular weight is 358 g/mol. The fourth-order valence-corrected chi connectivity index (χ4v) is 3.26. The lowest BCUT2D eigenvalue weighted by Crippen LogP contribution is -2.44. The smallest absolute Gasteiger partial charge is 0.225 e. The Morgan fingerprint density at radius 3 is 2.54 bits per heavy atom. The zero-order chi connectivity index (χ0) is 18.5. The van der Waals surface area contributed by atoms with Gasteiger partial charge in [-0.15, -0.1) is 0 Å². The van der Waals surface area contributed by atoms with E-state index in [0.717, 1.165) is 12.8 Å². The van der Waals surface area contributed by atoms with Crippen molar-refractivity contribution >= 4 is 17.5 Å². The first-order chi connectivity index (χ1) is 12.6. The number of anilines is 1. The number of likely N-dealkylation sites (tertiary alicyclic amines) is 1. The van der Waals surface area contributed by atoms with Gasteiger partial charge >= 0.3 is 0 Å². The molecule has 0 aromatic heterocycles. The Kier molecular flexibility index (Phi) is 5.71. The number of benzene rings is 1. The van der Waals surface area contributed by atoms with Gasteiger partial charge in [-0.2, -0.15) is 5.26 Å². The third-order valence-corrected chi connectivity index (χ3v) is 4.97. The zero-order valence-corrected chi connectivity index (χ0v) is 14.6. The van der Waals surface area contributed by atoms with Gasteiger partial charge in [0.05, 0.1) is 5.69 Å². The summed E-state index contributed by atoms with van der Waals surface area (Å²) in [5, 5.41) is 14.8. The highest BCUT2D eigenvalue weighted by Crippen LogP contribution is 2.32. The second-order valence-corrected chi connectivity index (χ2v) is 6.87. The van der Waals surface area contributed by atoms with Gasteiger partial charge < -0.3 is 15.5 Å². The Balaban J connectivity index is 1.38. The lowest BCUT2D eigenvalue weighted by Gasteiger charge is -2.31. The summed E-state index contributed by atoms with van der Waals surface area (Å²) in [5.41, 5.74) is 0.403. The number of piperidine rings is 1. The van der Waals surface area contributed by atoms with Crippen molar-refractivity contribution in [3.8, 4) is 6.07 Å². The van der Waals surface area contributed by atoms with Crippen LogP contribution in [0.2, 0.25) is 0 Å². The summed E-state index contributed by atoms with van der Waals surface area (Å²) in [5.74, 6) is -0.162. The Morgan fingerprint density at radius 2 is 1.88 bits per heavy atom. The first-order valence-corrected chi connectivity index (χ1v) is 9.09. The maximum Gasteiger partial charge on any atom is 0.225 e. The van der Waals surface area contributed by atoms with E-state index in [-0.39, 0.29) is 29.2 Å².